The zero-order valence-electron chi connectivity index (χ0n) is 52.9. The van der Waals surface area contributed by atoms with E-state index < -0.39 is 16.1 Å². The summed E-state index contributed by atoms with van der Waals surface area (Å²) in [6, 6.07) is 146. The molecule has 0 amide bonds. The summed E-state index contributed by atoms with van der Waals surface area (Å²) in [6.07, 6.45) is 0. The average Bonchev–Trinajstić information content (AvgIpc) is 0.826. The molecular weight excluding hydrogens is 1190 g/mol. The van der Waals surface area contributed by atoms with Gasteiger partial charge < -0.3 is 14.4 Å². The zero-order valence-corrected chi connectivity index (χ0v) is 54.9. The first kappa shape index (κ1) is 56.9. The molecule has 0 spiro atoms. The Morgan fingerprint density at radius 2 is 0.531 bits per heavy atom. The lowest BCUT2D eigenvalue weighted by atomic mass is 9.33. The summed E-state index contributed by atoms with van der Waals surface area (Å²) in [5, 5.41) is 13.2. The topological polar surface area (TPSA) is 11.4 Å². The van der Waals surface area contributed by atoms with Gasteiger partial charge in [0, 0.05) is 44.9 Å². The van der Waals surface area contributed by atoms with Crippen LogP contribution in [0.25, 0.3) is 49.7 Å². The Labute approximate surface area is 563 Å². The first-order valence-corrected chi connectivity index (χ1v) is 37.3. The molecule has 18 rings (SSSR count). The molecule has 2 aliphatic heterocycles. The summed E-state index contributed by atoms with van der Waals surface area (Å²) >= 11 is 0. The molecule has 0 N–H and O–H groups in total. The fourth-order valence-corrected chi connectivity index (χ4v) is 25.8. The molecule has 0 atom stereocenters. The fraction of sp³-hybridized carbons (Fsp3) is 0. The highest BCUT2D eigenvalue weighted by atomic mass is 28.3. The lowest BCUT2D eigenvalue weighted by molar-refractivity contribution is 1.16. The van der Waals surface area contributed by atoms with Gasteiger partial charge in [0.2, 0.25) is 0 Å². The second kappa shape index (κ2) is 23.6. The van der Waals surface area contributed by atoms with Crippen LogP contribution in [0.3, 0.4) is 0 Å². The van der Waals surface area contributed by atoms with E-state index in [9.17, 15) is 0 Å². The smallest absolute Gasteiger partial charge is 0.252 e. The van der Waals surface area contributed by atoms with Gasteiger partial charge in [0.05, 0.1) is 16.7 Å². The Bertz CT molecular complexity index is 5260. The van der Waals surface area contributed by atoms with Gasteiger partial charge in [-0.25, -0.2) is 0 Å². The maximum atomic E-state index is 2.61. The van der Waals surface area contributed by atoms with Crippen LogP contribution in [-0.2, 0) is 0 Å². The zero-order chi connectivity index (χ0) is 63.6. The van der Waals surface area contributed by atoms with Gasteiger partial charge in [0.25, 0.3) is 6.71 Å². The lowest BCUT2D eigenvalue weighted by Crippen LogP contribution is -2.74. The molecule has 3 nitrogen and oxygen atoms in total. The van der Waals surface area contributed by atoms with E-state index in [-0.39, 0.29) is 6.71 Å². The van der Waals surface area contributed by atoms with Crippen molar-refractivity contribution in [3.63, 3.8) is 0 Å². The van der Waals surface area contributed by atoms with Crippen molar-refractivity contribution in [1.82, 2.24) is 4.57 Å². The summed E-state index contributed by atoms with van der Waals surface area (Å²) in [6.45, 7) is -0.157. The number of hydrogen-bond donors (Lipinski definition) is 0. The van der Waals surface area contributed by atoms with Crippen LogP contribution in [-0.4, -0.2) is 27.4 Å². The van der Waals surface area contributed by atoms with Crippen molar-refractivity contribution in [2.75, 3.05) is 9.80 Å². The standard InChI is InChI=1S/C90H64BN3Si2/c1-9-29-65(30-10-1)67-50-60-86-83(61-67)91-82-59-49-68(66-31-11-2-12-32-66)62-87(82)93(70-53-57-79(58-54-70)96(75-39-19-6-20-40-75,76-41-21-7-22-42-76)77-43-23-8-24-44-77)89-64-71(94-84-47-27-25-45-80(84)81-46-26-28-48-85(81)94)63-88(90(89)91)92(86)69-51-55-78(56-52-69)95(72-33-13-3-14-34-72,73-35-15-4-16-36-73)74-37-17-5-18-38-74/h1-64H. The lowest BCUT2D eigenvalue weighted by Gasteiger charge is -2.45. The highest BCUT2D eigenvalue weighted by Crippen LogP contribution is 2.47. The monoisotopic (exact) mass is 1250 g/mol. The average molecular weight is 1250 g/mol. The Kier molecular flexibility index (Phi) is 14.0. The SMILES string of the molecule is c1ccc(-c2ccc3c(c2)B2c4ccc(-c5ccccc5)cc4N(c4ccc([Si](c5ccccc5)(c5ccccc5)c5ccccc5)cc4)c4cc(-n5c6ccccc6c6ccccc65)cc(c42)N3c2ccc([Si](c3ccccc3)(c3ccccc3)c3ccccc3)cc2)cc1. The third kappa shape index (κ3) is 9.09. The van der Waals surface area contributed by atoms with Crippen LogP contribution in [0.4, 0.5) is 34.1 Å². The predicted molar refractivity (Wildman–Crippen MR) is 413 cm³/mol. The summed E-state index contributed by atoms with van der Waals surface area (Å²) in [5.41, 5.74) is 18.7. The summed E-state index contributed by atoms with van der Waals surface area (Å²) < 4.78 is 2.52. The van der Waals surface area contributed by atoms with Gasteiger partial charge in [-0.3, -0.25) is 0 Å². The number of anilines is 6. The minimum absolute atomic E-state index is 0.157. The summed E-state index contributed by atoms with van der Waals surface area (Å²) in [5.74, 6) is 0. The molecule has 0 saturated carbocycles. The van der Waals surface area contributed by atoms with Crippen LogP contribution in [0.1, 0.15) is 0 Å². The number of para-hydroxylation sites is 2. The second-order valence-corrected chi connectivity index (χ2v) is 33.1. The van der Waals surface area contributed by atoms with Gasteiger partial charge >= 0.3 is 0 Å². The molecule has 1 aromatic heterocycles. The summed E-state index contributed by atoms with van der Waals surface area (Å²) in [4.78, 5) is 5.21. The van der Waals surface area contributed by atoms with E-state index in [2.05, 4.69) is 403 Å². The molecule has 0 saturated heterocycles. The van der Waals surface area contributed by atoms with Crippen molar-refractivity contribution >= 4 is 137 Å². The Morgan fingerprint density at radius 1 is 0.208 bits per heavy atom. The van der Waals surface area contributed by atoms with Gasteiger partial charge in [0.15, 0.2) is 16.1 Å². The molecule has 0 aliphatic carbocycles. The first-order valence-electron chi connectivity index (χ1n) is 33.3. The quantitative estimate of drug-likeness (QED) is 0.0842. The van der Waals surface area contributed by atoms with E-state index in [4.69, 9.17) is 0 Å². The number of benzene rings is 15. The van der Waals surface area contributed by atoms with Crippen molar-refractivity contribution in [3.05, 3.63) is 388 Å². The third-order valence-electron chi connectivity index (χ3n) is 20.5. The molecule has 0 radical (unpaired) electrons. The minimum atomic E-state index is -2.90. The van der Waals surface area contributed by atoms with E-state index >= 15 is 0 Å². The van der Waals surface area contributed by atoms with Crippen LogP contribution in [0.5, 0.6) is 0 Å². The van der Waals surface area contributed by atoms with Crippen molar-refractivity contribution < 1.29 is 0 Å². The van der Waals surface area contributed by atoms with E-state index in [1.807, 2.05) is 0 Å². The minimum Gasteiger partial charge on any atom is -0.311 e. The molecule has 3 heterocycles. The molecule has 0 fully saturated rings. The molecule has 16 aromatic rings. The van der Waals surface area contributed by atoms with Crippen LogP contribution >= 0.6 is 0 Å². The number of fused-ring (bicyclic) bond motifs is 7. The predicted octanol–water partition coefficient (Wildman–Crippen LogP) is 15.0. The van der Waals surface area contributed by atoms with E-state index in [0.29, 0.717) is 0 Å². The highest BCUT2D eigenvalue weighted by Gasteiger charge is 2.47. The molecule has 15 aromatic carbocycles. The molecule has 0 bridgehead atoms. The van der Waals surface area contributed by atoms with Crippen LogP contribution in [0, 0.1) is 0 Å². The molecule has 0 unspecified atom stereocenters. The largest absolute Gasteiger partial charge is 0.311 e. The van der Waals surface area contributed by atoms with Gasteiger partial charge in [-0.2, -0.15) is 0 Å². The molecule has 6 heteroatoms. The van der Waals surface area contributed by atoms with Gasteiger partial charge in [-0.1, -0.05) is 328 Å². The van der Waals surface area contributed by atoms with E-state index in [1.165, 1.54) is 90.9 Å². The third-order valence-corrected chi connectivity index (χ3v) is 30.1. The number of hydrogen-bond acceptors (Lipinski definition) is 2. The van der Waals surface area contributed by atoms with Crippen molar-refractivity contribution in [2.24, 2.45) is 0 Å². The van der Waals surface area contributed by atoms with E-state index in [1.54, 1.807) is 0 Å². The number of nitrogens with zero attached hydrogens (tertiary/aromatic N) is 3. The maximum Gasteiger partial charge on any atom is 0.252 e. The first-order chi connectivity index (χ1) is 47.6. The normalized spacial score (nSPS) is 12.5. The number of rotatable bonds is 13. The summed E-state index contributed by atoms with van der Waals surface area (Å²) in [7, 11) is -5.79. The van der Waals surface area contributed by atoms with Crippen molar-refractivity contribution in [3.8, 4) is 27.9 Å². The second-order valence-electron chi connectivity index (χ2n) is 25.4. The van der Waals surface area contributed by atoms with Crippen molar-refractivity contribution in [1.29, 1.82) is 0 Å². The highest BCUT2D eigenvalue weighted by molar-refractivity contribution is 7.20. The molecule has 2 aliphatic rings. The molecular formula is C90H64BN3Si2. The van der Waals surface area contributed by atoms with Crippen LogP contribution in [0.15, 0.2) is 388 Å². The van der Waals surface area contributed by atoms with Crippen LogP contribution < -0.4 is 67.7 Å². The van der Waals surface area contributed by atoms with Gasteiger partial charge in [-0.15, -0.1) is 0 Å². The Balaban J connectivity index is 0.930. The Morgan fingerprint density at radius 3 is 0.927 bits per heavy atom. The van der Waals surface area contributed by atoms with Crippen LogP contribution in [0.2, 0.25) is 0 Å². The van der Waals surface area contributed by atoms with E-state index in [0.717, 1.165) is 50.8 Å². The molecule has 450 valence electrons. The maximum absolute atomic E-state index is 2.90. The van der Waals surface area contributed by atoms with Gasteiger partial charge in [-0.05, 0) is 141 Å². The van der Waals surface area contributed by atoms with Crippen molar-refractivity contribution in [2.45, 2.75) is 0 Å². The molecule has 96 heavy (non-hydrogen) atoms. The fourth-order valence-electron chi connectivity index (χ4n) is 16.3. The Hall–Kier alpha value is -11.8. The van der Waals surface area contributed by atoms with Gasteiger partial charge in [0.1, 0.15) is 0 Å². The number of aromatic nitrogens is 1.